The average molecular weight is 388 g/mol. The Bertz CT molecular complexity index is 773. The van der Waals surface area contributed by atoms with Crippen molar-refractivity contribution in [1.82, 2.24) is 15.2 Å². The summed E-state index contributed by atoms with van der Waals surface area (Å²) < 4.78 is 11.5. The Morgan fingerprint density at radius 3 is 3.00 bits per heavy atom. The van der Waals surface area contributed by atoms with E-state index in [0.717, 1.165) is 49.3 Å². The van der Waals surface area contributed by atoms with Crippen molar-refractivity contribution in [3.63, 3.8) is 0 Å². The molecule has 0 unspecified atom stereocenters. The van der Waals surface area contributed by atoms with Crippen LogP contribution in [0.25, 0.3) is 0 Å². The van der Waals surface area contributed by atoms with E-state index in [-0.39, 0.29) is 17.6 Å². The van der Waals surface area contributed by atoms with Gasteiger partial charge in [0.2, 0.25) is 5.88 Å². The van der Waals surface area contributed by atoms with Gasteiger partial charge in [-0.15, -0.1) is 11.3 Å². The van der Waals surface area contributed by atoms with Crippen LogP contribution in [0.15, 0.2) is 35.8 Å². The Kier molecular flexibility index (Phi) is 5.43. The summed E-state index contributed by atoms with van der Waals surface area (Å²) in [4.78, 5) is 19.7. The maximum Gasteiger partial charge on any atom is 0.261 e. The molecule has 1 N–H and O–H groups in total. The van der Waals surface area contributed by atoms with Crippen LogP contribution in [0.3, 0.4) is 0 Å². The Morgan fingerprint density at radius 2 is 2.26 bits per heavy atom. The van der Waals surface area contributed by atoms with E-state index < -0.39 is 0 Å². The number of aromatic nitrogens is 1. The third-order valence-electron chi connectivity index (χ3n) is 5.49. The van der Waals surface area contributed by atoms with Crippen molar-refractivity contribution >= 4 is 17.2 Å². The van der Waals surface area contributed by atoms with Crippen molar-refractivity contribution in [2.24, 2.45) is 0 Å². The number of nitrogens with zero attached hydrogens (tertiary/aromatic N) is 2. The lowest BCUT2D eigenvalue weighted by molar-refractivity contribution is -0.0450. The first-order valence-corrected chi connectivity index (χ1v) is 10.2. The molecular formula is C20H25N3O3S. The summed E-state index contributed by atoms with van der Waals surface area (Å²) in [5, 5.41) is 5.05. The Morgan fingerprint density at radius 1 is 1.41 bits per heavy atom. The molecule has 1 spiro atoms. The number of likely N-dealkylation sites (tertiary alicyclic amines) is 1. The summed E-state index contributed by atoms with van der Waals surface area (Å²) in [5.41, 5.74) is 1.02. The van der Waals surface area contributed by atoms with Gasteiger partial charge in [-0.25, -0.2) is 4.98 Å². The first-order chi connectivity index (χ1) is 13.2. The lowest BCUT2D eigenvalue weighted by atomic mass is 9.87. The van der Waals surface area contributed by atoms with Gasteiger partial charge in [0.25, 0.3) is 5.91 Å². The quantitative estimate of drug-likeness (QED) is 0.855. The van der Waals surface area contributed by atoms with Gasteiger partial charge in [0.05, 0.1) is 30.2 Å². The number of methoxy groups -OCH3 is 1. The molecule has 0 radical (unpaired) electrons. The molecule has 2 aliphatic heterocycles. The standard InChI is InChI=1S/C20H25N3O3S/c1-25-19-15(4-2-8-21-19)13-23-9-6-20(7-10-23)12-16(14-26-20)22-18(24)17-5-3-11-27-17/h2-5,8,11,16H,6-7,9-10,12-14H2,1H3,(H,22,24)/t16-/m1/s1. The summed E-state index contributed by atoms with van der Waals surface area (Å²) >= 11 is 1.47. The second-order valence-electron chi connectivity index (χ2n) is 7.29. The minimum atomic E-state index is -0.0943. The van der Waals surface area contributed by atoms with Gasteiger partial charge in [-0.1, -0.05) is 12.1 Å². The highest BCUT2D eigenvalue weighted by molar-refractivity contribution is 7.12. The Hall–Kier alpha value is -1.96. The molecule has 2 aromatic heterocycles. The summed E-state index contributed by atoms with van der Waals surface area (Å²) in [6, 6.07) is 7.88. The van der Waals surface area contributed by atoms with Gasteiger partial charge in [0.15, 0.2) is 0 Å². The van der Waals surface area contributed by atoms with Crippen molar-refractivity contribution < 1.29 is 14.3 Å². The SMILES string of the molecule is COc1ncccc1CN1CCC2(CC1)C[C@@H](NC(=O)c1cccs1)CO2. The van der Waals surface area contributed by atoms with Crippen LogP contribution in [0, 0.1) is 0 Å². The fraction of sp³-hybridized carbons (Fsp3) is 0.500. The van der Waals surface area contributed by atoms with Crippen molar-refractivity contribution in [2.45, 2.75) is 37.5 Å². The van der Waals surface area contributed by atoms with Gasteiger partial charge in [-0.05, 0) is 36.8 Å². The molecule has 2 aromatic rings. The fourth-order valence-corrected chi connectivity index (χ4v) is 4.66. The van der Waals surface area contributed by atoms with Crippen molar-refractivity contribution in [3.8, 4) is 5.88 Å². The highest BCUT2D eigenvalue weighted by Gasteiger charge is 2.43. The molecule has 0 aromatic carbocycles. The molecule has 1 atom stereocenters. The predicted molar refractivity (Wildman–Crippen MR) is 104 cm³/mol. The first-order valence-electron chi connectivity index (χ1n) is 9.36. The van der Waals surface area contributed by atoms with Gasteiger partial charge >= 0.3 is 0 Å². The molecule has 0 bridgehead atoms. The molecule has 144 valence electrons. The number of piperidine rings is 1. The Balaban J connectivity index is 1.29. The molecule has 2 fully saturated rings. The first kappa shape index (κ1) is 18.4. The smallest absolute Gasteiger partial charge is 0.261 e. The number of rotatable bonds is 5. The summed E-state index contributed by atoms with van der Waals surface area (Å²) in [6.45, 7) is 3.40. The van der Waals surface area contributed by atoms with Gasteiger partial charge in [-0.2, -0.15) is 0 Å². The predicted octanol–water partition coefficient (Wildman–Crippen LogP) is 2.71. The molecule has 4 rings (SSSR count). The summed E-state index contributed by atoms with van der Waals surface area (Å²) in [5.74, 6) is 0.711. The largest absolute Gasteiger partial charge is 0.481 e. The van der Waals surface area contributed by atoms with E-state index >= 15 is 0 Å². The summed E-state index contributed by atoms with van der Waals surface area (Å²) in [7, 11) is 1.66. The summed E-state index contributed by atoms with van der Waals surface area (Å²) in [6.07, 6.45) is 4.63. The van der Waals surface area contributed by atoms with E-state index in [4.69, 9.17) is 9.47 Å². The molecule has 0 aliphatic carbocycles. The molecule has 2 aliphatic rings. The number of thiophene rings is 1. The van der Waals surface area contributed by atoms with Crippen LogP contribution >= 0.6 is 11.3 Å². The number of nitrogens with one attached hydrogen (secondary N) is 1. The van der Waals surface area contributed by atoms with E-state index in [2.05, 4.69) is 21.3 Å². The topological polar surface area (TPSA) is 63.7 Å². The van der Waals surface area contributed by atoms with Crippen LogP contribution in [0.5, 0.6) is 5.88 Å². The maximum atomic E-state index is 12.3. The lowest BCUT2D eigenvalue weighted by Crippen LogP contribution is -2.44. The lowest BCUT2D eigenvalue weighted by Gasteiger charge is -2.38. The van der Waals surface area contributed by atoms with Crippen LogP contribution < -0.4 is 10.1 Å². The molecule has 7 heteroatoms. The number of carbonyl (C=O) groups is 1. The third-order valence-corrected chi connectivity index (χ3v) is 6.36. The van der Waals surface area contributed by atoms with Gasteiger partial charge < -0.3 is 14.8 Å². The zero-order valence-electron chi connectivity index (χ0n) is 15.5. The van der Waals surface area contributed by atoms with Crippen LogP contribution in [-0.2, 0) is 11.3 Å². The van der Waals surface area contributed by atoms with E-state index in [1.165, 1.54) is 11.3 Å². The van der Waals surface area contributed by atoms with Crippen LogP contribution in [0.1, 0.15) is 34.5 Å². The van der Waals surface area contributed by atoms with Gasteiger partial charge in [0, 0.05) is 31.4 Å². The van der Waals surface area contributed by atoms with E-state index in [1.807, 2.05) is 23.6 Å². The molecular weight excluding hydrogens is 362 g/mol. The van der Waals surface area contributed by atoms with E-state index in [0.29, 0.717) is 12.5 Å². The maximum absolute atomic E-state index is 12.3. The molecule has 6 nitrogen and oxygen atoms in total. The minimum Gasteiger partial charge on any atom is -0.481 e. The van der Waals surface area contributed by atoms with Crippen molar-refractivity contribution in [1.29, 1.82) is 0 Å². The zero-order chi connectivity index (χ0) is 18.7. The van der Waals surface area contributed by atoms with Crippen LogP contribution in [0.4, 0.5) is 0 Å². The van der Waals surface area contributed by atoms with Gasteiger partial charge in [-0.3, -0.25) is 9.69 Å². The number of amides is 1. The normalized spacial score (nSPS) is 22.0. The fourth-order valence-electron chi connectivity index (χ4n) is 4.04. The van der Waals surface area contributed by atoms with E-state index in [1.54, 1.807) is 13.3 Å². The number of carbonyl (C=O) groups excluding carboxylic acids is 1. The van der Waals surface area contributed by atoms with Crippen LogP contribution in [-0.4, -0.2) is 54.2 Å². The van der Waals surface area contributed by atoms with E-state index in [9.17, 15) is 4.79 Å². The Labute approximate surface area is 163 Å². The second kappa shape index (κ2) is 7.96. The third kappa shape index (κ3) is 4.15. The second-order valence-corrected chi connectivity index (χ2v) is 8.24. The molecule has 2 saturated heterocycles. The van der Waals surface area contributed by atoms with Crippen molar-refractivity contribution in [3.05, 3.63) is 46.3 Å². The highest BCUT2D eigenvalue weighted by Crippen LogP contribution is 2.36. The molecule has 1 amide bonds. The number of ether oxygens (including phenoxy) is 2. The number of hydrogen-bond donors (Lipinski definition) is 1. The highest BCUT2D eigenvalue weighted by atomic mass is 32.1. The van der Waals surface area contributed by atoms with Gasteiger partial charge in [0.1, 0.15) is 0 Å². The molecule has 4 heterocycles. The molecule has 27 heavy (non-hydrogen) atoms. The monoisotopic (exact) mass is 387 g/mol. The number of hydrogen-bond acceptors (Lipinski definition) is 6. The average Bonchev–Trinajstić information content (AvgIpc) is 3.35. The molecule has 0 saturated carbocycles. The number of pyridine rings is 1. The van der Waals surface area contributed by atoms with Crippen molar-refractivity contribution in [2.75, 3.05) is 26.8 Å². The van der Waals surface area contributed by atoms with Crippen LogP contribution in [0.2, 0.25) is 0 Å². The minimum absolute atomic E-state index is 0.0109. The zero-order valence-corrected chi connectivity index (χ0v) is 16.3.